The van der Waals surface area contributed by atoms with Gasteiger partial charge in [-0.2, -0.15) is 5.26 Å². The van der Waals surface area contributed by atoms with E-state index in [0.717, 1.165) is 0 Å². The molecule has 5 nitrogen and oxygen atoms in total. The fraction of sp³-hybridized carbons (Fsp3) is 0.778. The summed E-state index contributed by atoms with van der Waals surface area (Å²) in [5.74, 6) is -0.162. The van der Waals surface area contributed by atoms with Crippen molar-refractivity contribution in [3.63, 3.8) is 0 Å². The maximum absolute atomic E-state index is 11.1. The van der Waals surface area contributed by atoms with Crippen LogP contribution in [0.25, 0.3) is 0 Å². The molecule has 0 aromatic rings. The SMILES string of the molecule is CCC1(O)CN(CC(=O)NCC#N)C1. The Morgan fingerprint density at radius 2 is 2.36 bits per heavy atom. The van der Waals surface area contributed by atoms with Crippen molar-refractivity contribution < 1.29 is 9.90 Å². The Bertz CT molecular complexity index is 253. The number of aliphatic hydroxyl groups is 1. The van der Waals surface area contributed by atoms with Crippen LogP contribution in [-0.4, -0.2) is 47.7 Å². The summed E-state index contributed by atoms with van der Waals surface area (Å²) in [6.45, 7) is 3.33. The molecule has 1 aliphatic heterocycles. The molecule has 0 aromatic carbocycles. The van der Waals surface area contributed by atoms with Crippen LogP contribution in [0, 0.1) is 11.3 Å². The fourth-order valence-electron chi connectivity index (χ4n) is 1.52. The zero-order valence-electron chi connectivity index (χ0n) is 8.29. The normalized spacial score (nSPS) is 19.5. The van der Waals surface area contributed by atoms with E-state index >= 15 is 0 Å². The van der Waals surface area contributed by atoms with Crippen molar-refractivity contribution in [2.75, 3.05) is 26.2 Å². The van der Waals surface area contributed by atoms with Crippen LogP contribution in [0.15, 0.2) is 0 Å². The quantitative estimate of drug-likeness (QED) is 0.572. The van der Waals surface area contributed by atoms with Gasteiger partial charge in [0.15, 0.2) is 0 Å². The van der Waals surface area contributed by atoms with Crippen molar-refractivity contribution >= 4 is 5.91 Å². The number of carbonyl (C=O) groups is 1. The van der Waals surface area contributed by atoms with Crippen LogP contribution in [0.4, 0.5) is 0 Å². The molecule has 1 saturated heterocycles. The molecule has 1 fully saturated rings. The minimum atomic E-state index is -0.602. The molecular weight excluding hydrogens is 182 g/mol. The lowest BCUT2D eigenvalue weighted by atomic mass is 9.91. The van der Waals surface area contributed by atoms with Crippen LogP contribution in [-0.2, 0) is 4.79 Å². The number of hydrogen-bond acceptors (Lipinski definition) is 4. The Labute approximate surface area is 83.3 Å². The van der Waals surface area contributed by atoms with E-state index in [2.05, 4.69) is 5.32 Å². The first-order valence-electron chi connectivity index (χ1n) is 4.68. The van der Waals surface area contributed by atoms with Gasteiger partial charge in [0.05, 0.1) is 18.2 Å². The van der Waals surface area contributed by atoms with Crippen molar-refractivity contribution in [2.45, 2.75) is 18.9 Å². The molecule has 0 radical (unpaired) electrons. The molecule has 78 valence electrons. The van der Waals surface area contributed by atoms with Gasteiger partial charge in [0.1, 0.15) is 6.54 Å². The lowest BCUT2D eigenvalue weighted by Gasteiger charge is -2.45. The largest absolute Gasteiger partial charge is 0.387 e. The van der Waals surface area contributed by atoms with E-state index in [1.165, 1.54) is 0 Å². The van der Waals surface area contributed by atoms with Gasteiger partial charge < -0.3 is 10.4 Å². The molecule has 5 heteroatoms. The van der Waals surface area contributed by atoms with Crippen LogP contribution < -0.4 is 5.32 Å². The van der Waals surface area contributed by atoms with Crippen LogP contribution in [0.5, 0.6) is 0 Å². The number of nitrogens with zero attached hydrogens (tertiary/aromatic N) is 2. The van der Waals surface area contributed by atoms with E-state index in [0.29, 0.717) is 19.5 Å². The van der Waals surface area contributed by atoms with Gasteiger partial charge in [-0.25, -0.2) is 0 Å². The highest BCUT2D eigenvalue weighted by molar-refractivity contribution is 5.78. The van der Waals surface area contributed by atoms with Gasteiger partial charge in [-0.15, -0.1) is 0 Å². The molecule has 1 rings (SSSR count). The van der Waals surface area contributed by atoms with Gasteiger partial charge >= 0.3 is 0 Å². The molecule has 0 aromatic heterocycles. The first kappa shape index (κ1) is 11.0. The summed E-state index contributed by atoms with van der Waals surface area (Å²) in [4.78, 5) is 13.0. The fourth-order valence-corrected chi connectivity index (χ4v) is 1.52. The third-order valence-electron chi connectivity index (χ3n) is 2.43. The highest BCUT2D eigenvalue weighted by Gasteiger charge is 2.39. The third kappa shape index (κ3) is 2.69. The monoisotopic (exact) mass is 197 g/mol. The molecule has 0 unspecified atom stereocenters. The number of likely N-dealkylation sites (tertiary alicyclic amines) is 1. The van der Waals surface area contributed by atoms with Crippen LogP contribution in [0.1, 0.15) is 13.3 Å². The molecule has 1 amide bonds. The summed E-state index contributed by atoms with van der Waals surface area (Å²) < 4.78 is 0. The number of nitrogens with one attached hydrogen (secondary N) is 1. The highest BCUT2D eigenvalue weighted by Crippen LogP contribution is 2.23. The number of β-amino-alcohol motifs (C(OH)–C–C–N with tert-alkyl or cyclic N) is 1. The molecule has 0 spiro atoms. The maximum Gasteiger partial charge on any atom is 0.235 e. The Morgan fingerprint density at radius 1 is 1.71 bits per heavy atom. The first-order chi connectivity index (χ1) is 6.59. The predicted octanol–water partition coefficient (Wildman–Crippen LogP) is -0.917. The van der Waals surface area contributed by atoms with Gasteiger partial charge in [-0.1, -0.05) is 6.92 Å². The summed E-state index contributed by atoms with van der Waals surface area (Å²) in [6, 6.07) is 1.84. The summed E-state index contributed by atoms with van der Waals surface area (Å²) >= 11 is 0. The second-order valence-corrected chi connectivity index (χ2v) is 3.66. The molecule has 0 saturated carbocycles. The van der Waals surface area contributed by atoms with E-state index in [-0.39, 0.29) is 19.0 Å². The topological polar surface area (TPSA) is 76.4 Å². The smallest absolute Gasteiger partial charge is 0.235 e. The summed E-state index contributed by atoms with van der Waals surface area (Å²) in [7, 11) is 0. The molecular formula is C9H15N3O2. The van der Waals surface area contributed by atoms with E-state index < -0.39 is 5.60 Å². The lowest BCUT2D eigenvalue weighted by Crippen LogP contribution is -2.62. The molecule has 14 heavy (non-hydrogen) atoms. The first-order valence-corrected chi connectivity index (χ1v) is 4.68. The third-order valence-corrected chi connectivity index (χ3v) is 2.43. The molecule has 1 aliphatic rings. The van der Waals surface area contributed by atoms with Crippen molar-refractivity contribution in [3.8, 4) is 6.07 Å². The average Bonchev–Trinajstić information content (AvgIpc) is 2.12. The van der Waals surface area contributed by atoms with Crippen LogP contribution >= 0.6 is 0 Å². The standard InChI is InChI=1S/C9H15N3O2/c1-2-9(14)6-12(7-9)5-8(13)11-4-3-10/h14H,2,4-7H2,1H3,(H,11,13). The summed E-state index contributed by atoms with van der Waals surface area (Å²) in [6.07, 6.45) is 0.712. The lowest BCUT2D eigenvalue weighted by molar-refractivity contribution is -0.132. The number of rotatable bonds is 4. The van der Waals surface area contributed by atoms with E-state index in [9.17, 15) is 9.90 Å². The van der Waals surface area contributed by atoms with Gasteiger partial charge in [0, 0.05) is 13.1 Å². The van der Waals surface area contributed by atoms with Gasteiger partial charge in [0.2, 0.25) is 5.91 Å². The molecule has 0 aliphatic carbocycles. The van der Waals surface area contributed by atoms with Gasteiger partial charge in [-0.05, 0) is 6.42 Å². The highest BCUT2D eigenvalue weighted by atomic mass is 16.3. The van der Waals surface area contributed by atoms with Gasteiger partial charge in [0.25, 0.3) is 0 Å². The van der Waals surface area contributed by atoms with Crippen molar-refractivity contribution in [2.24, 2.45) is 0 Å². The van der Waals surface area contributed by atoms with Gasteiger partial charge in [-0.3, -0.25) is 9.69 Å². The Kier molecular flexibility index (Phi) is 3.44. The van der Waals surface area contributed by atoms with Crippen LogP contribution in [0.2, 0.25) is 0 Å². The minimum absolute atomic E-state index is 0.0463. The minimum Gasteiger partial charge on any atom is -0.387 e. The Hall–Kier alpha value is -1.12. The molecule has 0 bridgehead atoms. The average molecular weight is 197 g/mol. The molecule has 0 atom stereocenters. The number of amides is 1. The number of hydrogen-bond donors (Lipinski definition) is 2. The predicted molar refractivity (Wildman–Crippen MR) is 50.3 cm³/mol. The second kappa shape index (κ2) is 4.40. The Balaban J connectivity index is 2.17. The summed E-state index contributed by atoms with van der Waals surface area (Å²) in [5.41, 5.74) is -0.602. The number of carbonyl (C=O) groups excluding carboxylic acids is 1. The zero-order chi connectivity index (χ0) is 10.6. The zero-order valence-corrected chi connectivity index (χ0v) is 8.29. The van der Waals surface area contributed by atoms with E-state index in [1.807, 2.05) is 17.9 Å². The molecule has 1 heterocycles. The Morgan fingerprint density at radius 3 is 2.86 bits per heavy atom. The number of nitriles is 1. The van der Waals surface area contributed by atoms with E-state index in [1.54, 1.807) is 0 Å². The second-order valence-electron chi connectivity index (χ2n) is 3.66. The van der Waals surface area contributed by atoms with Crippen molar-refractivity contribution in [1.29, 1.82) is 5.26 Å². The summed E-state index contributed by atoms with van der Waals surface area (Å²) in [5, 5.41) is 20.3. The maximum atomic E-state index is 11.1. The van der Waals surface area contributed by atoms with Crippen LogP contribution in [0.3, 0.4) is 0 Å². The van der Waals surface area contributed by atoms with Crippen molar-refractivity contribution in [1.82, 2.24) is 10.2 Å². The van der Waals surface area contributed by atoms with E-state index in [4.69, 9.17) is 5.26 Å². The molecule has 2 N–H and O–H groups in total. The van der Waals surface area contributed by atoms with Crippen molar-refractivity contribution in [3.05, 3.63) is 0 Å².